The number of rotatable bonds is 17. The zero-order valence-corrected chi connectivity index (χ0v) is 29.9. The van der Waals surface area contributed by atoms with Gasteiger partial charge < -0.3 is 24.1 Å². The number of aliphatic carboxylic acids is 1. The highest BCUT2D eigenvalue weighted by Crippen LogP contribution is 2.18. The van der Waals surface area contributed by atoms with Crippen LogP contribution in [0.3, 0.4) is 0 Å². The molecule has 0 aromatic heterocycles. The second-order valence-electron chi connectivity index (χ2n) is 15.1. The molecule has 0 rings (SSSR count). The molecule has 0 spiro atoms. The van der Waals surface area contributed by atoms with E-state index >= 15 is 0 Å². The van der Waals surface area contributed by atoms with Gasteiger partial charge in [-0.1, -0.05) is 6.92 Å². The van der Waals surface area contributed by atoms with E-state index in [-0.39, 0.29) is 38.7 Å². The van der Waals surface area contributed by atoms with Crippen LogP contribution in [0.25, 0.3) is 0 Å². The van der Waals surface area contributed by atoms with Crippen LogP contribution in [0.5, 0.6) is 0 Å². The van der Waals surface area contributed by atoms with Gasteiger partial charge in [0.2, 0.25) is 0 Å². The Hall–Kier alpha value is -2.77. The topological polar surface area (TPSA) is 152 Å². The molecule has 45 heavy (non-hydrogen) atoms. The molecule has 0 bridgehead atoms. The van der Waals surface area contributed by atoms with Crippen molar-refractivity contribution in [2.45, 2.75) is 112 Å². The molecule has 0 atom stereocenters. The standard InChI is InChI=1S/C32H59N3O10/c1-14-33(21-25(38)42-29(2,3)4)15-16-34(22-26(39)43-30(5,6)7)17-18-35(20-24(36)37)19-23(27(40)44-31(8,9)10)28(41)45-32(11,12)13/h23H,14-22H2,1-13H3,(H,36,37). The van der Waals surface area contributed by atoms with Crippen molar-refractivity contribution >= 4 is 29.8 Å². The van der Waals surface area contributed by atoms with E-state index in [0.717, 1.165) is 0 Å². The molecule has 0 fully saturated rings. The minimum absolute atomic E-state index is 0.0621. The molecule has 0 aliphatic carbocycles. The highest BCUT2D eigenvalue weighted by atomic mass is 16.6. The zero-order valence-electron chi connectivity index (χ0n) is 29.9. The fraction of sp³-hybridized carbons (Fsp3) is 0.844. The minimum Gasteiger partial charge on any atom is -0.480 e. The maximum absolute atomic E-state index is 13.1. The lowest BCUT2D eigenvalue weighted by molar-refractivity contribution is -0.176. The highest BCUT2D eigenvalue weighted by Gasteiger charge is 2.37. The summed E-state index contributed by atoms with van der Waals surface area (Å²) in [5.41, 5.74) is -3.10. The second-order valence-corrected chi connectivity index (χ2v) is 15.1. The van der Waals surface area contributed by atoms with Crippen LogP contribution in [-0.2, 0) is 42.9 Å². The molecule has 0 heterocycles. The van der Waals surface area contributed by atoms with E-state index in [9.17, 15) is 29.1 Å². The molecule has 0 aliphatic rings. The minimum atomic E-state index is -1.40. The lowest BCUT2D eigenvalue weighted by atomic mass is 10.1. The SMILES string of the molecule is CCN(CCN(CCN(CC(=O)O)CC(C(=O)OC(C)(C)C)C(=O)OC(C)(C)C)CC(=O)OC(C)(C)C)CC(=O)OC(C)(C)C. The van der Waals surface area contributed by atoms with Crippen LogP contribution in [0.1, 0.15) is 90.0 Å². The third-order valence-corrected chi connectivity index (χ3v) is 5.64. The summed E-state index contributed by atoms with van der Waals surface area (Å²) in [5.74, 6) is -5.03. The molecule has 13 heteroatoms. The normalized spacial score (nSPS) is 12.9. The van der Waals surface area contributed by atoms with Crippen LogP contribution in [0.15, 0.2) is 0 Å². The van der Waals surface area contributed by atoms with Gasteiger partial charge in [0.15, 0.2) is 5.92 Å². The first-order chi connectivity index (χ1) is 20.2. The summed E-state index contributed by atoms with van der Waals surface area (Å²) in [6, 6.07) is 0. The summed E-state index contributed by atoms with van der Waals surface area (Å²) >= 11 is 0. The Morgan fingerprint density at radius 1 is 0.533 bits per heavy atom. The predicted molar refractivity (Wildman–Crippen MR) is 169 cm³/mol. The molecule has 0 aromatic carbocycles. The van der Waals surface area contributed by atoms with Crippen molar-refractivity contribution < 1.29 is 48.0 Å². The van der Waals surface area contributed by atoms with Crippen molar-refractivity contribution in [2.75, 3.05) is 58.9 Å². The summed E-state index contributed by atoms with van der Waals surface area (Å²) in [5, 5.41) is 9.65. The summed E-state index contributed by atoms with van der Waals surface area (Å²) in [4.78, 5) is 68.3. The number of carboxylic acids is 1. The predicted octanol–water partition coefficient (Wildman–Crippen LogP) is 2.98. The molecular weight excluding hydrogens is 586 g/mol. The molecule has 0 aliphatic heterocycles. The fourth-order valence-corrected chi connectivity index (χ4v) is 3.97. The fourth-order valence-electron chi connectivity index (χ4n) is 3.97. The number of carboxylic acid groups (broad SMARTS) is 1. The summed E-state index contributed by atoms with van der Waals surface area (Å²) in [6.45, 7) is 23.4. The van der Waals surface area contributed by atoms with Gasteiger partial charge in [-0.15, -0.1) is 0 Å². The lowest BCUT2D eigenvalue weighted by Crippen LogP contribution is -2.48. The Bertz CT molecular complexity index is 959. The van der Waals surface area contributed by atoms with E-state index < -0.39 is 58.7 Å². The summed E-state index contributed by atoms with van der Waals surface area (Å²) in [6.07, 6.45) is 0. The smallest absolute Gasteiger partial charge is 0.322 e. The van der Waals surface area contributed by atoms with Crippen LogP contribution in [0.2, 0.25) is 0 Å². The molecule has 13 nitrogen and oxygen atoms in total. The van der Waals surface area contributed by atoms with Crippen LogP contribution < -0.4 is 0 Å². The number of esters is 4. The third-order valence-electron chi connectivity index (χ3n) is 5.64. The monoisotopic (exact) mass is 645 g/mol. The molecule has 0 saturated carbocycles. The van der Waals surface area contributed by atoms with Crippen LogP contribution in [0, 0.1) is 5.92 Å². The Morgan fingerprint density at radius 2 is 0.867 bits per heavy atom. The Labute approximate surface area is 269 Å². The van der Waals surface area contributed by atoms with Crippen molar-refractivity contribution in [2.24, 2.45) is 5.92 Å². The Morgan fingerprint density at radius 3 is 1.20 bits per heavy atom. The molecule has 0 saturated heterocycles. The van der Waals surface area contributed by atoms with Crippen LogP contribution in [-0.4, -0.2) is 131 Å². The lowest BCUT2D eigenvalue weighted by Gasteiger charge is -2.31. The number of likely N-dealkylation sites (N-methyl/N-ethyl adjacent to an activating group) is 1. The quantitative estimate of drug-likeness (QED) is 0.140. The molecule has 0 aromatic rings. The van der Waals surface area contributed by atoms with Crippen molar-refractivity contribution in [1.29, 1.82) is 0 Å². The highest BCUT2D eigenvalue weighted by molar-refractivity contribution is 5.95. The van der Waals surface area contributed by atoms with Crippen LogP contribution >= 0.6 is 0 Å². The number of carbonyl (C=O) groups excluding carboxylic acids is 4. The second kappa shape index (κ2) is 17.8. The number of ether oxygens (including phenoxy) is 4. The van der Waals surface area contributed by atoms with Crippen molar-refractivity contribution in [3.63, 3.8) is 0 Å². The molecule has 0 radical (unpaired) electrons. The van der Waals surface area contributed by atoms with E-state index in [2.05, 4.69) is 0 Å². The van der Waals surface area contributed by atoms with Gasteiger partial charge in [0.1, 0.15) is 22.4 Å². The average molecular weight is 646 g/mol. The first kappa shape index (κ1) is 42.2. The van der Waals surface area contributed by atoms with Crippen molar-refractivity contribution in [3.05, 3.63) is 0 Å². The first-order valence-corrected chi connectivity index (χ1v) is 15.5. The van der Waals surface area contributed by atoms with E-state index in [1.54, 1.807) is 88.0 Å². The van der Waals surface area contributed by atoms with Gasteiger partial charge in [-0.25, -0.2) is 0 Å². The Balaban J connectivity index is 5.99. The van der Waals surface area contributed by atoms with Crippen molar-refractivity contribution in [1.82, 2.24) is 14.7 Å². The van der Waals surface area contributed by atoms with Gasteiger partial charge in [-0.3, -0.25) is 38.7 Å². The van der Waals surface area contributed by atoms with Gasteiger partial charge >= 0.3 is 29.8 Å². The Kier molecular flexibility index (Phi) is 16.7. The maximum atomic E-state index is 13.1. The third kappa shape index (κ3) is 22.4. The molecule has 0 unspecified atom stereocenters. The van der Waals surface area contributed by atoms with E-state index in [1.807, 2.05) is 11.8 Å². The maximum Gasteiger partial charge on any atom is 0.322 e. The number of carbonyl (C=O) groups is 5. The van der Waals surface area contributed by atoms with E-state index in [4.69, 9.17) is 18.9 Å². The number of hydrogen-bond donors (Lipinski definition) is 1. The average Bonchev–Trinajstić information content (AvgIpc) is 2.77. The molecular formula is C32H59N3O10. The van der Waals surface area contributed by atoms with Crippen molar-refractivity contribution in [3.8, 4) is 0 Å². The van der Waals surface area contributed by atoms with E-state index in [0.29, 0.717) is 19.6 Å². The van der Waals surface area contributed by atoms with Gasteiger partial charge in [-0.05, 0) is 89.6 Å². The van der Waals surface area contributed by atoms with Gasteiger partial charge in [-0.2, -0.15) is 0 Å². The van der Waals surface area contributed by atoms with Crippen LogP contribution in [0.4, 0.5) is 0 Å². The van der Waals surface area contributed by atoms with Gasteiger partial charge in [0.25, 0.3) is 0 Å². The summed E-state index contributed by atoms with van der Waals surface area (Å²) < 4.78 is 21.9. The largest absolute Gasteiger partial charge is 0.480 e. The number of hydrogen-bond acceptors (Lipinski definition) is 12. The zero-order chi connectivity index (χ0) is 35.4. The molecule has 0 amide bonds. The first-order valence-electron chi connectivity index (χ1n) is 15.5. The number of nitrogens with zero attached hydrogens (tertiary/aromatic N) is 3. The van der Waals surface area contributed by atoms with Gasteiger partial charge in [0, 0.05) is 32.7 Å². The molecule has 262 valence electrons. The summed E-state index contributed by atoms with van der Waals surface area (Å²) in [7, 11) is 0. The van der Waals surface area contributed by atoms with E-state index in [1.165, 1.54) is 4.90 Å². The molecule has 1 N–H and O–H groups in total. The van der Waals surface area contributed by atoms with Gasteiger partial charge in [0.05, 0.1) is 19.6 Å².